The highest BCUT2D eigenvalue weighted by atomic mass is 16.5. The Morgan fingerprint density at radius 2 is 2.11 bits per heavy atom. The first kappa shape index (κ1) is 13.4. The van der Waals surface area contributed by atoms with Gasteiger partial charge in [0.15, 0.2) is 0 Å². The molecule has 100 valence electrons. The molecule has 0 saturated carbocycles. The van der Waals surface area contributed by atoms with Gasteiger partial charge in [-0.25, -0.2) is 0 Å². The molecule has 1 aliphatic heterocycles. The quantitative estimate of drug-likeness (QED) is 0.866. The highest BCUT2D eigenvalue weighted by Gasteiger charge is 2.21. The second kappa shape index (κ2) is 6.76. The molecule has 1 aromatic carbocycles. The molecule has 0 aromatic heterocycles. The summed E-state index contributed by atoms with van der Waals surface area (Å²) in [5.74, 6) is 0.962. The monoisotopic (exact) mass is 248 g/mol. The molecule has 2 rings (SSSR count). The van der Waals surface area contributed by atoms with E-state index in [0.29, 0.717) is 6.04 Å². The van der Waals surface area contributed by atoms with Gasteiger partial charge in [0.25, 0.3) is 0 Å². The Kier molecular flexibility index (Phi) is 5.02. The molecule has 0 spiro atoms. The summed E-state index contributed by atoms with van der Waals surface area (Å²) in [4.78, 5) is 2.59. The van der Waals surface area contributed by atoms with E-state index in [2.05, 4.69) is 35.3 Å². The molecule has 1 N–H and O–H groups in total. The fourth-order valence-corrected chi connectivity index (χ4v) is 2.68. The Labute approximate surface area is 110 Å². The lowest BCUT2D eigenvalue weighted by atomic mass is 9.99. The van der Waals surface area contributed by atoms with Crippen LogP contribution in [-0.2, 0) is 0 Å². The lowest BCUT2D eigenvalue weighted by Crippen LogP contribution is -2.45. The van der Waals surface area contributed by atoms with E-state index < -0.39 is 0 Å². The zero-order valence-corrected chi connectivity index (χ0v) is 11.5. The Morgan fingerprint density at radius 1 is 1.33 bits per heavy atom. The van der Waals surface area contributed by atoms with Gasteiger partial charge in [0.1, 0.15) is 5.75 Å². The average Bonchev–Trinajstić information content (AvgIpc) is 2.46. The molecule has 0 aliphatic carbocycles. The summed E-state index contributed by atoms with van der Waals surface area (Å²) in [5, 5.41) is 3.42. The summed E-state index contributed by atoms with van der Waals surface area (Å²) in [6.07, 6.45) is 2.43. The van der Waals surface area contributed by atoms with Gasteiger partial charge in [-0.2, -0.15) is 0 Å². The van der Waals surface area contributed by atoms with E-state index in [1.54, 1.807) is 7.11 Å². The lowest BCUT2D eigenvalue weighted by Gasteiger charge is -2.35. The molecule has 1 heterocycles. The van der Waals surface area contributed by atoms with Gasteiger partial charge in [0.05, 0.1) is 7.11 Å². The maximum Gasteiger partial charge on any atom is 0.119 e. The number of nitrogens with zero attached hydrogens (tertiary/aromatic N) is 1. The number of hydrogen-bond donors (Lipinski definition) is 1. The maximum atomic E-state index is 5.34. The highest BCUT2D eigenvalue weighted by molar-refractivity contribution is 5.30. The number of hydrogen-bond acceptors (Lipinski definition) is 3. The second-order valence-corrected chi connectivity index (χ2v) is 4.87. The Hall–Kier alpha value is -1.06. The van der Waals surface area contributed by atoms with E-state index in [1.165, 1.54) is 18.4 Å². The molecule has 1 fully saturated rings. The second-order valence-electron chi connectivity index (χ2n) is 4.87. The first-order valence-corrected chi connectivity index (χ1v) is 6.94. The Bertz CT molecular complexity index is 361. The molecule has 0 radical (unpaired) electrons. The van der Waals surface area contributed by atoms with Gasteiger partial charge in [0.2, 0.25) is 0 Å². The van der Waals surface area contributed by atoms with E-state index in [0.717, 1.165) is 31.9 Å². The third-order valence-electron chi connectivity index (χ3n) is 3.63. The van der Waals surface area contributed by atoms with Crippen LogP contribution in [-0.4, -0.2) is 38.2 Å². The third kappa shape index (κ3) is 3.24. The zero-order valence-electron chi connectivity index (χ0n) is 11.5. The van der Waals surface area contributed by atoms with Gasteiger partial charge in [-0.05, 0) is 24.1 Å². The molecule has 1 aliphatic rings. The first-order chi connectivity index (χ1) is 8.85. The summed E-state index contributed by atoms with van der Waals surface area (Å²) < 4.78 is 5.34. The van der Waals surface area contributed by atoms with Crippen molar-refractivity contribution in [3.05, 3.63) is 29.8 Å². The standard InChI is InChI=1S/C15H24N2O/c1-3-5-15(17-10-8-16-9-11-17)13-6-4-7-14(12-13)18-2/h4,6-7,12,15-16H,3,5,8-11H2,1-2H3/t15-/m0/s1. The van der Waals surface area contributed by atoms with Crippen LogP contribution in [0.2, 0.25) is 0 Å². The molecule has 1 saturated heterocycles. The van der Waals surface area contributed by atoms with Crippen molar-refractivity contribution in [1.29, 1.82) is 0 Å². The predicted octanol–water partition coefficient (Wildman–Crippen LogP) is 2.44. The van der Waals surface area contributed by atoms with Crippen molar-refractivity contribution in [3.63, 3.8) is 0 Å². The van der Waals surface area contributed by atoms with Gasteiger partial charge in [-0.3, -0.25) is 4.90 Å². The average molecular weight is 248 g/mol. The van der Waals surface area contributed by atoms with Crippen molar-refractivity contribution in [2.75, 3.05) is 33.3 Å². The fraction of sp³-hybridized carbons (Fsp3) is 0.600. The molecule has 3 heteroatoms. The molecule has 0 unspecified atom stereocenters. The normalized spacial score (nSPS) is 18.6. The number of benzene rings is 1. The first-order valence-electron chi connectivity index (χ1n) is 6.94. The van der Waals surface area contributed by atoms with Crippen LogP contribution < -0.4 is 10.1 Å². The number of ether oxygens (including phenoxy) is 1. The summed E-state index contributed by atoms with van der Waals surface area (Å²) in [6, 6.07) is 9.06. The molecular weight excluding hydrogens is 224 g/mol. The molecular formula is C15H24N2O. The van der Waals surface area contributed by atoms with Gasteiger partial charge in [-0.15, -0.1) is 0 Å². The molecule has 1 atom stereocenters. The minimum absolute atomic E-state index is 0.534. The maximum absolute atomic E-state index is 5.34. The van der Waals surface area contributed by atoms with Crippen LogP contribution in [0.4, 0.5) is 0 Å². The highest BCUT2D eigenvalue weighted by Crippen LogP contribution is 2.28. The molecule has 18 heavy (non-hydrogen) atoms. The summed E-state index contributed by atoms with van der Waals surface area (Å²) in [5.41, 5.74) is 1.39. The SMILES string of the molecule is CCC[C@@H](c1cccc(OC)c1)N1CCNCC1. The number of nitrogens with one attached hydrogen (secondary N) is 1. The van der Waals surface area contributed by atoms with Crippen LogP contribution in [0.3, 0.4) is 0 Å². The van der Waals surface area contributed by atoms with Crippen LogP contribution in [0, 0.1) is 0 Å². The predicted molar refractivity (Wildman–Crippen MR) is 75.1 cm³/mol. The minimum Gasteiger partial charge on any atom is -0.497 e. The summed E-state index contributed by atoms with van der Waals surface area (Å²) >= 11 is 0. The van der Waals surface area contributed by atoms with Crippen LogP contribution >= 0.6 is 0 Å². The minimum atomic E-state index is 0.534. The molecule has 3 nitrogen and oxygen atoms in total. The van der Waals surface area contributed by atoms with Gasteiger partial charge in [-0.1, -0.05) is 25.5 Å². The Morgan fingerprint density at radius 3 is 2.78 bits per heavy atom. The molecule has 1 aromatic rings. The summed E-state index contributed by atoms with van der Waals surface area (Å²) in [6.45, 7) is 6.74. The molecule has 0 bridgehead atoms. The van der Waals surface area contributed by atoms with Crippen molar-refractivity contribution in [3.8, 4) is 5.75 Å². The number of piperazine rings is 1. The van der Waals surface area contributed by atoms with E-state index in [1.807, 2.05) is 6.07 Å². The third-order valence-corrected chi connectivity index (χ3v) is 3.63. The van der Waals surface area contributed by atoms with Crippen LogP contribution in [0.25, 0.3) is 0 Å². The Balaban J connectivity index is 2.16. The van der Waals surface area contributed by atoms with Crippen LogP contribution in [0.15, 0.2) is 24.3 Å². The zero-order chi connectivity index (χ0) is 12.8. The molecule has 0 amide bonds. The topological polar surface area (TPSA) is 24.5 Å². The van der Waals surface area contributed by atoms with Gasteiger partial charge >= 0.3 is 0 Å². The van der Waals surface area contributed by atoms with E-state index in [9.17, 15) is 0 Å². The van der Waals surface area contributed by atoms with Crippen molar-refractivity contribution >= 4 is 0 Å². The van der Waals surface area contributed by atoms with E-state index in [-0.39, 0.29) is 0 Å². The van der Waals surface area contributed by atoms with Crippen molar-refractivity contribution in [1.82, 2.24) is 10.2 Å². The van der Waals surface area contributed by atoms with E-state index in [4.69, 9.17) is 4.74 Å². The number of methoxy groups -OCH3 is 1. The largest absolute Gasteiger partial charge is 0.497 e. The van der Waals surface area contributed by atoms with Crippen molar-refractivity contribution in [2.45, 2.75) is 25.8 Å². The van der Waals surface area contributed by atoms with Gasteiger partial charge in [0, 0.05) is 32.2 Å². The fourth-order valence-electron chi connectivity index (χ4n) is 2.68. The van der Waals surface area contributed by atoms with E-state index >= 15 is 0 Å². The van der Waals surface area contributed by atoms with Crippen LogP contribution in [0.1, 0.15) is 31.4 Å². The van der Waals surface area contributed by atoms with Crippen molar-refractivity contribution in [2.24, 2.45) is 0 Å². The number of rotatable bonds is 5. The van der Waals surface area contributed by atoms with Crippen LogP contribution in [0.5, 0.6) is 5.75 Å². The lowest BCUT2D eigenvalue weighted by molar-refractivity contribution is 0.164. The summed E-state index contributed by atoms with van der Waals surface area (Å²) in [7, 11) is 1.73. The smallest absolute Gasteiger partial charge is 0.119 e. The van der Waals surface area contributed by atoms with Gasteiger partial charge < -0.3 is 10.1 Å². The van der Waals surface area contributed by atoms with Crippen molar-refractivity contribution < 1.29 is 4.74 Å².